The molecule has 0 unspecified atom stereocenters. The Hall–Kier alpha value is -2.17. The fraction of sp³-hybridized carbons (Fsp3) is 0.350. The zero-order valence-electron chi connectivity index (χ0n) is 14.0. The predicted octanol–water partition coefficient (Wildman–Crippen LogP) is 3.27. The van der Waals surface area contributed by atoms with Crippen molar-refractivity contribution in [3.8, 4) is 16.9 Å². The molecule has 0 radical (unpaired) electrons. The van der Waals surface area contributed by atoms with E-state index in [0.717, 1.165) is 55.3 Å². The van der Waals surface area contributed by atoms with Crippen LogP contribution in [0, 0.1) is 0 Å². The van der Waals surface area contributed by atoms with Crippen molar-refractivity contribution in [2.24, 2.45) is 0 Å². The quantitative estimate of drug-likeness (QED) is 0.764. The largest absolute Gasteiger partial charge is 0.496 e. The van der Waals surface area contributed by atoms with Crippen molar-refractivity contribution in [3.05, 3.63) is 54.1 Å². The van der Waals surface area contributed by atoms with Gasteiger partial charge in [0.15, 0.2) is 5.78 Å². The third-order valence-electron chi connectivity index (χ3n) is 4.37. The average molecular weight is 325 g/mol. The third-order valence-corrected chi connectivity index (χ3v) is 4.37. The summed E-state index contributed by atoms with van der Waals surface area (Å²) in [6.07, 6.45) is 0.528. The lowest BCUT2D eigenvalue weighted by Gasteiger charge is -2.26. The van der Waals surface area contributed by atoms with Crippen LogP contribution >= 0.6 is 0 Å². The molecule has 0 saturated carbocycles. The van der Waals surface area contributed by atoms with Crippen LogP contribution in [0.3, 0.4) is 0 Å². The van der Waals surface area contributed by atoms with Gasteiger partial charge < -0.3 is 9.47 Å². The SMILES string of the molecule is COc1ccc(C(=O)CCN2CCOCC2)cc1-c1ccccc1. The van der Waals surface area contributed by atoms with Crippen molar-refractivity contribution in [2.75, 3.05) is 40.0 Å². The second kappa shape index (κ2) is 8.08. The zero-order valence-corrected chi connectivity index (χ0v) is 14.0. The Labute approximate surface area is 143 Å². The first kappa shape index (κ1) is 16.7. The van der Waals surface area contributed by atoms with E-state index < -0.39 is 0 Å². The highest BCUT2D eigenvalue weighted by Gasteiger charge is 2.15. The molecule has 0 amide bonds. The summed E-state index contributed by atoms with van der Waals surface area (Å²) in [6.45, 7) is 4.12. The Morgan fingerprint density at radius 2 is 1.88 bits per heavy atom. The number of carbonyl (C=O) groups excluding carboxylic acids is 1. The van der Waals surface area contributed by atoms with Gasteiger partial charge >= 0.3 is 0 Å². The van der Waals surface area contributed by atoms with Gasteiger partial charge in [-0.05, 0) is 23.8 Å². The second-order valence-corrected chi connectivity index (χ2v) is 5.91. The molecule has 0 spiro atoms. The summed E-state index contributed by atoms with van der Waals surface area (Å²) in [4.78, 5) is 14.9. The van der Waals surface area contributed by atoms with Gasteiger partial charge in [0, 0.05) is 37.2 Å². The molecule has 1 saturated heterocycles. The molecule has 1 heterocycles. The lowest BCUT2D eigenvalue weighted by atomic mass is 9.99. The minimum Gasteiger partial charge on any atom is -0.496 e. The fourth-order valence-electron chi connectivity index (χ4n) is 2.95. The smallest absolute Gasteiger partial charge is 0.164 e. The Balaban J connectivity index is 1.74. The Bertz CT molecular complexity index is 679. The highest BCUT2D eigenvalue weighted by molar-refractivity contribution is 5.97. The molecule has 2 aromatic carbocycles. The number of morpholine rings is 1. The first-order chi connectivity index (χ1) is 11.8. The Kier molecular flexibility index (Phi) is 5.62. The number of benzene rings is 2. The number of nitrogens with zero attached hydrogens (tertiary/aromatic N) is 1. The van der Waals surface area contributed by atoms with Crippen molar-refractivity contribution in [2.45, 2.75) is 6.42 Å². The topological polar surface area (TPSA) is 38.8 Å². The van der Waals surface area contributed by atoms with Crippen molar-refractivity contribution in [3.63, 3.8) is 0 Å². The van der Waals surface area contributed by atoms with Crippen LogP contribution in [0.15, 0.2) is 48.5 Å². The second-order valence-electron chi connectivity index (χ2n) is 5.91. The van der Waals surface area contributed by atoms with Crippen LogP contribution in [0.4, 0.5) is 0 Å². The number of methoxy groups -OCH3 is 1. The Morgan fingerprint density at radius 1 is 1.12 bits per heavy atom. The highest BCUT2D eigenvalue weighted by atomic mass is 16.5. The van der Waals surface area contributed by atoms with E-state index in [1.54, 1.807) is 7.11 Å². The molecule has 24 heavy (non-hydrogen) atoms. The molecule has 0 aliphatic carbocycles. The lowest BCUT2D eigenvalue weighted by Crippen LogP contribution is -2.37. The number of carbonyl (C=O) groups is 1. The summed E-state index contributed by atoms with van der Waals surface area (Å²) in [5, 5.41) is 0. The van der Waals surface area contributed by atoms with Crippen molar-refractivity contribution >= 4 is 5.78 Å². The number of ketones is 1. The van der Waals surface area contributed by atoms with Gasteiger partial charge in [0.2, 0.25) is 0 Å². The first-order valence-electron chi connectivity index (χ1n) is 8.34. The Morgan fingerprint density at radius 3 is 2.58 bits per heavy atom. The van der Waals surface area contributed by atoms with Gasteiger partial charge in [-0.25, -0.2) is 0 Å². The number of hydrogen-bond donors (Lipinski definition) is 0. The number of ether oxygens (including phenoxy) is 2. The van der Waals surface area contributed by atoms with Gasteiger partial charge in [0.25, 0.3) is 0 Å². The van der Waals surface area contributed by atoms with E-state index in [1.165, 1.54) is 0 Å². The molecule has 0 atom stereocenters. The molecular formula is C20H23NO3. The average Bonchev–Trinajstić information content (AvgIpc) is 2.67. The fourth-order valence-corrected chi connectivity index (χ4v) is 2.95. The maximum Gasteiger partial charge on any atom is 0.164 e. The van der Waals surface area contributed by atoms with Crippen LogP contribution in [0.25, 0.3) is 11.1 Å². The van der Waals surface area contributed by atoms with E-state index in [4.69, 9.17) is 9.47 Å². The van der Waals surface area contributed by atoms with E-state index in [0.29, 0.717) is 6.42 Å². The zero-order chi connectivity index (χ0) is 16.8. The summed E-state index contributed by atoms with van der Waals surface area (Å²) in [5.74, 6) is 0.951. The molecule has 3 rings (SSSR count). The molecule has 0 N–H and O–H groups in total. The predicted molar refractivity (Wildman–Crippen MR) is 94.6 cm³/mol. The minimum atomic E-state index is 0.168. The maximum absolute atomic E-state index is 12.6. The lowest BCUT2D eigenvalue weighted by molar-refractivity contribution is 0.0370. The van der Waals surface area contributed by atoms with E-state index in [2.05, 4.69) is 4.90 Å². The van der Waals surface area contributed by atoms with E-state index in [9.17, 15) is 4.79 Å². The van der Waals surface area contributed by atoms with Crippen LogP contribution in [0.1, 0.15) is 16.8 Å². The maximum atomic E-state index is 12.6. The van der Waals surface area contributed by atoms with Gasteiger partial charge in [-0.2, -0.15) is 0 Å². The summed E-state index contributed by atoms with van der Waals surface area (Å²) in [6, 6.07) is 15.7. The third kappa shape index (κ3) is 4.02. The van der Waals surface area contributed by atoms with Crippen molar-refractivity contribution in [1.29, 1.82) is 0 Å². The molecule has 4 nitrogen and oxygen atoms in total. The molecule has 1 fully saturated rings. The molecular weight excluding hydrogens is 302 g/mol. The minimum absolute atomic E-state index is 0.168. The van der Waals surface area contributed by atoms with E-state index in [1.807, 2.05) is 48.5 Å². The van der Waals surface area contributed by atoms with Gasteiger partial charge in [-0.15, -0.1) is 0 Å². The monoisotopic (exact) mass is 325 g/mol. The summed E-state index contributed by atoms with van der Waals surface area (Å²) in [5.41, 5.74) is 2.75. The molecule has 2 aromatic rings. The summed E-state index contributed by atoms with van der Waals surface area (Å²) in [7, 11) is 1.65. The molecule has 4 heteroatoms. The summed E-state index contributed by atoms with van der Waals surface area (Å²) >= 11 is 0. The van der Waals surface area contributed by atoms with Crippen LogP contribution in [0.5, 0.6) is 5.75 Å². The van der Waals surface area contributed by atoms with E-state index in [-0.39, 0.29) is 5.78 Å². The number of hydrogen-bond acceptors (Lipinski definition) is 4. The normalized spacial score (nSPS) is 15.2. The van der Waals surface area contributed by atoms with Crippen LogP contribution < -0.4 is 4.74 Å². The van der Waals surface area contributed by atoms with Crippen molar-refractivity contribution < 1.29 is 14.3 Å². The van der Waals surface area contributed by atoms with Crippen LogP contribution in [-0.4, -0.2) is 50.6 Å². The molecule has 0 bridgehead atoms. The first-order valence-corrected chi connectivity index (χ1v) is 8.34. The van der Waals surface area contributed by atoms with Gasteiger partial charge in [-0.3, -0.25) is 9.69 Å². The number of rotatable bonds is 6. The highest BCUT2D eigenvalue weighted by Crippen LogP contribution is 2.31. The number of Topliss-reactive ketones (excluding diaryl/α,β-unsaturated/α-hetero) is 1. The standard InChI is InChI=1S/C20H23NO3/c1-23-20-8-7-17(15-18(20)16-5-3-2-4-6-16)19(22)9-10-21-11-13-24-14-12-21/h2-8,15H,9-14H2,1H3. The van der Waals surface area contributed by atoms with E-state index >= 15 is 0 Å². The molecule has 1 aliphatic rings. The molecule has 126 valence electrons. The van der Waals surface area contributed by atoms with Crippen LogP contribution in [0.2, 0.25) is 0 Å². The van der Waals surface area contributed by atoms with Crippen LogP contribution in [-0.2, 0) is 4.74 Å². The molecule has 0 aromatic heterocycles. The van der Waals surface area contributed by atoms with Gasteiger partial charge in [0.05, 0.1) is 20.3 Å². The molecule has 1 aliphatic heterocycles. The van der Waals surface area contributed by atoms with Gasteiger partial charge in [-0.1, -0.05) is 30.3 Å². The summed E-state index contributed by atoms with van der Waals surface area (Å²) < 4.78 is 10.8. The van der Waals surface area contributed by atoms with Gasteiger partial charge in [0.1, 0.15) is 5.75 Å². The van der Waals surface area contributed by atoms with Crippen molar-refractivity contribution in [1.82, 2.24) is 4.90 Å².